The molecule has 0 bridgehead atoms. The summed E-state index contributed by atoms with van der Waals surface area (Å²) >= 11 is 3.19. The highest BCUT2D eigenvalue weighted by Gasteiger charge is 2.14. The van der Waals surface area contributed by atoms with Gasteiger partial charge in [-0.15, -0.1) is 0 Å². The maximum Gasteiger partial charge on any atom is 0.173 e. The Morgan fingerprint density at radius 3 is 2.78 bits per heavy atom. The van der Waals surface area contributed by atoms with E-state index < -0.39 is 0 Å². The number of halogens is 1. The molecule has 0 amide bonds. The quantitative estimate of drug-likeness (QED) is 0.601. The van der Waals surface area contributed by atoms with Gasteiger partial charge in [-0.25, -0.2) is 0 Å². The number of hydrogen-bond donors (Lipinski definition) is 0. The van der Waals surface area contributed by atoms with Crippen LogP contribution in [0.4, 0.5) is 0 Å². The molecule has 0 heterocycles. The second-order valence-corrected chi connectivity index (χ2v) is 5.46. The zero-order valence-corrected chi connectivity index (χ0v) is 12.1. The van der Waals surface area contributed by atoms with Crippen LogP contribution in [-0.2, 0) is 0 Å². The third-order valence-corrected chi connectivity index (χ3v) is 4.00. The van der Waals surface area contributed by atoms with Crippen LogP contribution in [0.25, 0.3) is 0 Å². The lowest BCUT2D eigenvalue weighted by Gasteiger charge is -2.21. The molecule has 1 fully saturated rings. The molecular weight excluding hydrogens is 292 g/mol. The second kappa shape index (κ2) is 6.93. The Labute approximate surface area is 117 Å². The Hall–Kier alpha value is -0.830. The summed E-state index contributed by atoms with van der Waals surface area (Å²) in [5, 5.41) is 0.360. The monoisotopic (exact) mass is 310 g/mol. The van der Waals surface area contributed by atoms with Gasteiger partial charge in [0, 0.05) is 5.56 Å². The van der Waals surface area contributed by atoms with Gasteiger partial charge in [-0.05, 0) is 30.9 Å². The topological polar surface area (TPSA) is 26.3 Å². The van der Waals surface area contributed by atoms with Crippen LogP contribution in [0.1, 0.15) is 42.5 Å². The summed E-state index contributed by atoms with van der Waals surface area (Å²) in [5.74, 6) is 1.60. The molecule has 1 saturated carbocycles. The molecule has 1 aliphatic rings. The van der Waals surface area contributed by atoms with Crippen molar-refractivity contribution >= 4 is 21.7 Å². The normalized spacial score (nSPS) is 16.5. The summed E-state index contributed by atoms with van der Waals surface area (Å²) in [7, 11) is 0. The van der Waals surface area contributed by atoms with E-state index in [1.807, 2.05) is 24.3 Å². The predicted molar refractivity (Wildman–Crippen MR) is 76.6 cm³/mol. The van der Waals surface area contributed by atoms with Crippen molar-refractivity contribution in [3.05, 3.63) is 29.8 Å². The molecule has 0 radical (unpaired) electrons. The molecule has 1 aliphatic carbocycles. The third kappa shape index (κ3) is 3.84. The largest absolute Gasteiger partial charge is 0.493 e. The molecule has 2 rings (SSSR count). The SMILES string of the molecule is O=C(CBr)c1cccc(OCC2CCCCC2)c1. The molecule has 0 N–H and O–H groups in total. The van der Waals surface area contributed by atoms with Crippen LogP contribution in [0.5, 0.6) is 5.75 Å². The van der Waals surface area contributed by atoms with E-state index in [9.17, 15) is 4.79 Å². The van der Waals surface area contributed by atoms with E-state index in [4.69, 9.17) is 4.74 Å². The van der Waals surface area contributed by atoms with Crippen molar-refractivity contribution in [2.75, 3.05) is 11.9 Å². The number of rotatable bonds is 5. The minimum absolute atomic E-state index is 0.0955. The molecular formula is C15H19BrO2. The smallest absolute Gasteiger partial charge is 0.173 e. The highest BCUT2D eigenvalue weighted by atomic mass is 79.9. The summed E-state index contributed by atoms with van der Waals surface area (Å²) in [4.78, 5) is 11.6. The number of carbonyl (C=O) groups excluding carboxylic acids is 1. The van der Waals surface area contributed by atoms with Crippen molar-refractivity contribution in [1.29, 1.82) is 0 Å². The highest BCUT2D eigenvalue weighted by molar-refractivity contribution is 9.09. The minimum atomic E-state index is 0.0955. The molecule has 98 valence electrons. The Bertz CT molecular complexity index is 397. The van der Waals surface area contributed by atoms with Crippen molar-refractivity contribution < 1.29 is 9.53 Å². The Balaban J connectivity index is 1.90. The Kier molecular flexibility index (Phi) is 5.24. The number of carbonyl (C=O) groups is 1. The Morgan fingerprint density at radius 1 is 1.28 bits per heavy atom. The average Bonchev–Trinajstić information content (AvgIpc) is 2.45. The molecule has 0 aliphatic heterocycles. The van der Waals surface area contributed by atoms with Gasteiger partial charge in [-0.3, -0.25) is 4.79 Å². The van der Waals surface area contributed by atoms with Gasteiger partial charge < -0.3 is 4.74 Å². The summed E-state index contributed by atoms with van der Waals surface area (Å²) in [6, 6.07) is 7.48. The van der Waals surface area contributed by atoms with Crippen LogP contribution in [-0.4, -0.2) is 17.7 Å². The first kappa shape index (κ1) is 13.6. The van der Waals surface area contributed by atoms with Gasteiger partial charge in [0.1, 0.15) is 5.75 Å². The standard InChI is InChI=1S/C15H19BrO2/c16-10-15(17)13-7-4-8-14(9-13)18-11-12-5-2-1-3-6-12/h4,7-9,12H,1-3,5-6,10-11H2. The van der Waals surface area contributed by atoms with Crippen molar-refractivity contribution in [2.45, 2.75) is 32.1 Å². The number of benzene rings is 1. The fourth-order valence-electron chi connectivity index (χ4n) is 2.40. The number of ether oxygens (including phenoxy) is 1. The zero-order valence-electron chi connectivity index (χ0n) is 10.5. The van der Waals surface area contributed by atoms with Gasteiger partial charge in [-0.2, -0.15) is 0 Å². The molecule has 3 heteroatoms. The molecule has 18 heavy (non-hydrogen) atoms. The lowest BCUT2D eigenvalue weighted by molar-refractivity contribution is 0.102. The van der Waals surface area contributed by atoms with Gasteiger partial charge in [0.25, 0.3) is 0 Å². The van der Waals surface area contributed by atoms with E-state index in [-0.39, 0.29) is 5.78 Å². The van der Waals surface area contributed by atoms with Crippen molar-refractivity contribution in [2.24, 2.45) is 5.92 Å². The fourth-order valence-corrected chi connectivity index (χ4v) is 2.73. The first-order valence-corrected chi connectivity index (χ1v) is 7.74. The highest BCUT2D eigenvalue weighted by Crippen LogP contribution is 2.25. The summed E-state index contributed by atoms with van der Waals surface area (Å²) in [6.07, 6.45) is 6.58. The van der Waals surface area contributed by atoms with Crippen LogP contribution in [0.3, 0.4) is 0 Å². The van der Waals surface area contributed by atoms with Gasteiger partial charge in [-0.1, -0.05) is 47.3 Å². The zero-order chi connectivity index (χ0) is 12.8. The third-order valence-electron chi connectivity index (χ3n) is 3.49. The van der Waals surface area contributed by atoms with Crippen molar-refractivity contribution in [3.63, 3.8) is 0 Å². The molecule has 1 aromatic rings. The molecule has 2 nitrogen and oxygen atoms in total. The lowest BCUT2D eigenvalue weighted by atomic mass is 9.90. The average molecular weight is 311 g/mol. The van der Waals surface area contributed by atoms with Crippen LogP contribution in [0.2, 0.25) is 0 Å². The van der Waals surface area contributed by atoms with Crippen molar-refractivity contribution in [3.8, 4) is 5.75 Å². The summed E-state index contributed by atoms with van der Waals surface area (Å²) in [6.45, 7) is 0.784. The predicted octanol–water partition coefficient (Wildman–Crippen LogP) is 4.22. The maximum atomic E-state index is 11.6. The molecule has 0 spiro atoms. The Morgan fingerprint density at radius 2 is 2.06 bits per heavy atom. The van der Waals surface area contributed by atoms with Crippen LogP contribution in [0, 0.1) is 5.92 Å². The summed E-state index contributed by atoms with van der Waals surface area (Å²) < 4.78 is 5.81. The van der Waals surface area contributed by atoms with Gasteiger partial charge in [0.15, 0.2) is 5.78 Å². The number of alkyl halides is 1. The molecule has 1 aromatic carbocycles. The first-order valence-electron chi connectivity index (χ1n) is 6.61. The van der Waals surface area contributed by atoms with E-state index in [2.05, 4.69) is 15.9 Å². The number of hydrogen-bond acceptors (Lipinski definition) is 2. The van der Waals surface area contributed by atoms with E-state index >= 15 is 0 Å². The van der Waals surface area contributed by atoms with E-state index in [1.165, 1.54) is 32.1 Å². The molecule has 0 saturated heterocycles. The lowest BCUT2D eigenvalue weighted by Crippen LogP contribution is -2.15. The van der Waals surface area contributed by atoms with Gasteiger partial charge in [0.05, 0.1) is 11.9 Å². The summed E-state index contributed by atoms with van der Waals surface area (Å²) in [5.41, 5.74) is 0.716. The van der Waals surface area contributed by atoms with Crippen LogP contribution in [0.15, 0.2) is 24.3 Å². The number of ketones is 1. The number of Topliss-reactive ketones (excluding diaryl/α,β-unsaturated/α-hetero) is 1. The van der Waals surface area contributed by atoms with Gasteiger partial charge >= 0.3 is 0 Å². The molecule has 0 aromatic heterocycles. The molecule has 0 atom stereocenters. The van der Waals surface area contributed by atoms with E-state index in [0.717, 1.165) is 12.4 Å². The van der Waals surface area contributed by atoms with Gasteiger partial charge in [0.2, 0.25) is 0 Å². The van der Waals surface area contributed by atoms with E-state index in [0.29, 0.717) is 16.8 Å². The van der Waals surface area contributed by atoms with Crippen LogP contribution >= 0.6 is 15.9 Å². The second-order valence-electron chi connectivity index (χ2n) is 4.90. The van der Waals surface area contributed by atoms with Crippen LogP contribution < -0.4 is 4.74 Å². The first-order chi connectivity index (χ1) is 8.79. The minimum Gasteiger partial charge on any atom is -0.493 e. The molecule has 0 unspecified atom stereocenters. The fraction of sp³-hybridized carbons (Fsp3) is 0.533. The van der Waals surface area contributed by atoms with Crippen molar-refractivity contribution in [1.82, 2.24) is 0 Å². The maximum absolute atomic E-state index is 11.6. The van der Waals surface area contributed by atoms with E-state index in [1.54, 1.807) is 0 Å².